The monoisotopic (exact) mass is 366 g/mol. The fourth-order valence-electron chi connectivity index (χ4n) is 4.74. The van der Waals surface area contributed by atoms with E-state index in [2.05, 4.69) is 22.5 Å². The summed E-state index contributed by atoms with van der Waals surface area (Å²) < 4.78 is 11.3. The van der Waals surface area contributed by atoms with Crippen LogP contribution >= 0.6 is 0 Å². The molecule has 2 bridgehead atoms. The fourth-order valence-corrected chi connectivity index (χ4v) is 4.74. The minimum absolute atomic E-state index is 0.181. The van der Waals surface area contributed by atoms with Gasteiger partial charge in [0.05, 0.1) is 18.7 Å². The second-order valence-corrected chi connectivity index (χ2v) is 7.56. The first-order valence-electron chi connectivity index (χ1n) is 9.57. The van der Waals surface area contributed by atoms with Gasteiger partial charge >= 0.3 is 5.97 Å². The van der Waals surface area contributed by atoms with Crippen molar-refractivity contribution >= 4 is 16.9 Å². The summed E-state index contributed by atoms with van der Waals surface area (Å²) in [5.41, 5.74) is 1.88. The van der Waals surface area contributed by atoms with E-state index in [4.69, 9.17) is 9.47 Å². The quantitative estimate of drug-likeness (QED) is 0.596. The highest BCUT2D eigenvalue weighted by molar-refractivity contribution is 5.84. The van der Waals surface area contributed by atoms with Gasteiger partial charge in [0, 0.05) is 30.6 Å². The molecule has 0 spiro atoms. The highest BCUT2D eigenvalue weighted by atomic mass is 16.5. The lowest BCUT2D eigenvalue weighted by Crippen LogP contribution is -2.55. The number of esters is 1. The van der Waals surface area contributed by atoms with E-state index in [1.54, 1.807) is 13.3 Å². The molecule has 0 N–H and O–H groups in total. The summed E-state index contributed by atoms with van der Waals surface area (Å²) in [6, 6.07) is 7.99. The predicted octanol–water partition coefficient (Wildman–Crippen LogP) is 3.74. The minimum atomic E-state index is -0.311. The number of rotatable bonds is 5. The van der Waals surface area contributed by atoms with Crippen LogP contribution in [0.5, 0.6) is 5.75 Å². The summed E-state index contributed by atoms with van der Waals surface area (Å²) in [4.78, 5) is 18.9. The minimum Gasteiger partial charge on any atom is -0.497 e. The van der Waals surface area contributed by atoms with E-state index in [0.717, 1.165) is 41.7 Å². The van der Waals surface area contributed by atoms with Gasteiger partial charge in [-0.05, 0) is 55.5 Å². The van der Waals surface area contributed by atoms with Crippen LogP contribution in [0, 0.1) is 11.8 Å². The molecule has 3 saturated heterocycles. The third kappa shape index (κ3) is 3.32. The van der Waals surface area contributed by atoms with Crippen LogP contribution in [0.3, 0.4) is 0 Å². The molecule has 5 nitrogen and oxygen atoms in total. The van der Waals surface area contributed by atoms with Gasteiger partial charge in [0.1, 0.15) is 11.9 Å². The normalized spacial score (nSPS) is 27.9. The molecular weight excluding hydrogens is 340 g/mol. The number of nitrogens with zero attached hydrogens (tertiary/aromatic N) is 2. The van der Waals surface area contributed by atoms with Gasteiger partial charge in [0.25, 0.3) is 0 Å². The van der Waals surface area contributed by atoms with Crippen LogP contribution in [0.2, 0.25) is 0 Å². The Kier molecular flexibility index (Phi) is 4.87. The lowest BCUT2D eigenvalue weighted by atomic mass is 9.73. The van der Waals surface area contributed by atoms with Crippen molar-refractivity contribution in [1.82, 2.24) is 9.88 Å². The molecule has 0 radical (unpaired) electrons. The topological polar surface area (TPSA) is 51.7 Å². The first-order valence-corrected chi connectivity index (χ1v) is 9.57. The molecule has 3 aliphatic rings. The number of methoxy groups -OCH3 is 1. The number of ether oxygens (including phenoxy) is 2. The summed E-state index contributed by atoms with van der Waals surface area (Å²) in [6.45, 7) is 7.53. The first kappa shape index (κ1) is 18.0. The second kappa shape index (κ2) is 7.31. The summed E-state index contributed by atoms with van der Waals surface area (Å²) >= 11 is 0. The van der Waals surface area contributed by atoms with Crippen molar-refractivity contribution in [2.24, 2.45) is 11.8 Å². The van der Waals surface area contributed by atoms with Gasteiger partial charge in [-0.1, -0.05) is 6.08 Å². The summed E-state index contributed by atoms with van der Waals surface area (Å²) in [5.74, 6) is 1.66. The second-order valence-electron chi connectivity index (χ2n) is 7.56. The molecule has 1 unspecified atom stereocenters. The zero-order chi connectivity index (χ0) is 19.0. The molecule has 5 rings (SSSR count). The number of carbonyl (C=O) groups excluding carboxylic acids is 1. The smallest absolute Gasteiger partial charge is 0.303 e. The van der Waals surface area contributed by atoms with Gasteiger partial charge in [-0.3, -0.25) is 14.7 Å². The van der Waals surface area contributed by atoms with Crippen molar-refractivity contribution in [1.29, 1.82) is 0 Å². The number of aromatic nitrogens is 1. The molecular formula is C22H26N2O3. The molecule has 5 heteroatoms. The number of piperidine rings is 3. The van der Waals surface area contributed by atoms with Gasteiger partial charge in [-0.25, -0.2) is 0 Å². The maximum absolute atomic E-state index is 12.0. The van der Waals surface area contributed by atoms with E-state index >= 15 is 0 Å². The molecule has 0 aliphatic carbocycles. The van der Waals surface area contributed by atoms with Gasteiger partial charge in [0.15, 0.2) is 0 Å². The third-order valence-electron chi connectivity index (χ3n) is 6.09. The molecule has 3 aliphatic heterocycles. The Morgan fingerprint density at radius 2 is 2.26 bits per heavy atom. The standard InChI is InChI=1S/C22H26N2O3/c1-4-15-13-24-10-8-16(15)11-21(24)22(27-14(2)25)18-7-9-23-20-6-5-17(26-3)12-19(18)20/h4-7,9,12,15-16,21-22H,1,8,10-11,13H2,2-3H3/t15-,16+,21+,22+/m1/s1. The predicted molar refractivity (Wildman–Crippen MR) is 105 cm³/mol. The van der Waals surface area contributed by atoms with Crippen LogP contribution in [-0.4, -0.2) is 42.1 Å². The average molecular weight is 366 g/mol. The van der Waals surface area contributed by atoms with Gasteiger partial charge in [-0.2, -0.15) is 0 Å². The Morgan fingerprint density at radius 1 is 1.41 bits per heavy atom. The molecule has 3 fully saturated rings. The fraction of sp³-hybridized carbons (Fsp3) is 0.455. The number of fused-ring (bicyclic) bond motifs is 4. The van der Waals surface area contributed by atoms with E-state index in [1.807, 2.05) is 24.3 Å². The molecule has 2 aromatic rings. The Hall–Kier alpha value is -2.40. The van der Waals surface area contributed by atoms with Crippen LogP contribution in [0.15, 0.2) is 43.1 Å². The van der Waals surface area contributed by atoms with E-state index in [0.29, 0.717) is 11.8 Å². The lowest BCUT2D eigenvalue weighted by Gasteiger charge is -2.51. The first-order chi connectivity index (χ1) is 13.1. The van der Waals surface area contributed by atoms with Crippen molar-refractivity contribution in [3.63, 3.8) is 0 Å². The molecule has 0 amide bonds. The van der Waals surface area contributed by atoms with Crippen molar-refractivity contribution < 1.29 is 14.3 Å². The van der Waals surface area contributed by atoms with E-state index in [1.165, 1.54) is 13.3 Å². The van der Waals surface area contributed by atoms with Crippen LogP contribution in [-0.2, 0) is 9.53 Å². The Labute approximate surface area is 160 Å². The number of hydrogen-bond acceptors (Lipinski definition) is 5. The van der Waals surface area contributed by atoms with Crippen LogP contribution in [0.4, 0.5) is 0 Å². The Morgan fingerprint density at radius 3 is 2.93 bits per heavy atom. The lowest BCUT2D eigenvalue weighted by molar-refractivity contribution is -0.154. The third-order valence-corrected chi connectivity index (χ3v) is 6.09. The van der Waals surface area contributed by atoms with Gasteiger partial charge in [-0.15, -0.1) is 6.58 Å². The molecule has 1 aromatic carbocycles. The van der Waals surface area contributed by atoms with Gasteiger partial charge in [0.2, 0.25) is 0 Å². The Bertz CT molecular complexity index is 866. The summed E-state index contributed by atoms with van der Waals surface area (Å²) in [6.07, 6.45) is 5.77. The molecule has 27 heavy (non-hydrogen) atoms. The van der Waals surface area contributed by atoms with Crippen molar-refractivity contribution in [2.75, 3.05) is 20.2 Å². The molecule has 5 atom stereocenters. The van der Waals surface area contributed by atoms with Crippen molar-refractivity contribution in [3.05, 3.63) is 48.7 Å². The van der Waals surface area contributed by atoms with Crippen molar-refractivity contribution in [2.45, 2.75) is 31.9 Å². The van der Waals surface area contributed by atoms with Gasteiger partial charge < -0.3 is 9.47 Å². The SMILES string of the molecule is C=C[C@@H]1CN2CC[C@H]1C[C@H]2[C@@H](OC(C)=O)c1ccnc2ccc(OC)cc12. The molecule has 142 valence electrons. The highest BCUT2D eigenvalue weighted by Gasteiger charge is 2.44. The molecule has 4 heterocycles. The van der Waals surface area contributed by atoms with Crippen LogP contribution in [0.1, 0.15) is 31.4 Å². The summed E-state index contributed by atoms with van der Waals surface area (Å²) in [7, 11) is 1.65. The largest absolute Gasteiger partial charge is 0.497 e. The average Bonchev–Trinajstić information content (AvgIpc) is 2.71. The number of carbonyl (C=O) groups is 1. The number of hydrogen-bond donors (Lipinski definition) is 0. The van der Waals surface area contributed by atoms with Crippen LogP contribution in [0.25, 0.3) is 10.9 Å². The zero-order valence-electron chi connectivity index (χ0n) is 15.9. The molecule has 0 saturated carbocycles. The maximum Gasteiger partial charge on any atom is 0.303 e. The maximum atomic E-state index is 12.0. The number of benzene rings is 1. The highest BCUT2D eigenvalue weighted by Crippen LogP contribution is 2.43. The number of pyridine rings is 1. The van der Waals surface area contributed by atoms with Crippen LogP contribution < -0.4 is 4.74 Å². The molecule has 1 aromatic heterocycles. The van der Waals surface area contributed by atoms with E-state index in [9.17, 15) is 4.79 Å². The summed E-state index contributed by atoms with van der Waals surface area (Å²) in [5, 5.41) is 0.978. The van der Waals surface area contributed by atoms with Crippen molar-refractivity contribution in [3.8, 4) is 5.75 Å². The van der Waals surface area contributed by atoms with E-state index in [-0.39, 0.29) is 18.1 Å². The van der Waals surface area contributed by atoms with E-state index < -0.39 is 0 Å². The Balaban J connectivity index is 1.76. The zero-order valence-corrected chi connectivity index (χ0v) is 15.9.